The van der Waals surface area contributed by atoms with E-state index in [1.165, 1.54) is 20.3 Å². The van der Waals surface area contributed by atoms with Crippen molar-refractivity contribution in [3.05, 3.63) is 48.5 Å². The molecule has 2 aromatic rings. The van der Waals surface area contributed by atoms with Crippen LogP contribution < -0.4 is 13.8 Å². The topological polar surface area (TPSA) is 3.24 Å². The van der Waals surface area contributed by atoms with Crippen LogP contribution in [-0.2, 0) is 0 Å². The molecule has 0 N–H and O–H groups in total. The zero-order valence-electron chi connectivity index (χ0n) is 8.47. The fourth-order valence-electron chi connectivity index (χ4n) is 1.89. The Bertz CT molecular complexity index is 462. The summed E-state index contributed by atoms with van der Waals surface area (Å²) in [7, 11) is 2.15. The molecule has 1 heterocycles. The van der Waals surface area contributed by atoms with Crippen LogP contribution in [0.5, 0.6) is 0 Å². The van der Waals surface area contributed by atoms with Gasteiger partial charge in [-0.2, -0.15) is 0 Å². The third kappa shape index (κ3) is 1.38. The Morgan fingerprint density at radius 3 is 1.80 bits per heavy atom. The van der Waals surface area contributed by atoms with Crippen molar-refractivity contribution in [3.8, 4) is 0 Å². The molecule has 1 aliphatic rings. The maximum absolute atomic E-state index is 2.29. The Balaban J connectivity index is 2.20. The summed E-state index contributed by atoms with van der Waals surface area (Å²) in [5.41, 5.74) is 2.72. The van der Waals surface area contributed by atoms with Gasteiger partial charge in [-0.1, -0.05) is 0 Å². The molecule has 0 saturated carbocycles. The van der Waals surface area contributed by atoms with E-state index in [4.69, 9.17) is 0 Å². The molecule has 0 unspecified atom stereocenters. The number of anilines is 2. The molecule has 0 amide bonds. The number of rotatable bonds is 0. The second kappa shape index (κ2) is 3.41. The normalized spacial score (nSPS) is 13.3. The summed E-state index contributed by atoms with van der Waals surface area (Å²) in [6.07, 6.45) is 0. The molecule has 3 rings (SSSR count). The molecule has 0 aromatic heterocycles. The van der Waals surface area contributed by atoms with Gasteiger partial charge in [-0.25, -0.2) is 0 Å². The number of hydrogen-bond acceptors (Lipinski definition) is 1. The molecule has 1 aliphatic heterocycles. The van der Waals surface area contributed by atoms with Gasteiger partial charge in [-0.05, 0) is 0 Å². The monoisotopic (exact) mass is 261 g/mol. The van der Waals surface area contributed by atoms with Crippen molar-refractivity contribution in [1.29, 1.82) is 0 Å². The third-order valence-electron chi connectivity index (χ3n) is 2.67. The van der Waals surface area contributed by atoms with Crippen LogP contribution in [0.3, 0.4) is 0 Å². The number of hydrogen-bond donors (Lipinski definition) is 0. The zero-order valence-corrected chi connectivity index (χ0v) is 10.2. The fraction of sp³-hybridized carbons (Fsp3) is 0.0769. The summed E-state index contributed by atoms with van der Waals surface area (Å²) < 4.78 is 2.96. The maximum atomic E-state index is 2.29. The Kier molecular flexibility index (Phi) is 2.05. The Hall–Kier alpha value is -1.24. The Morgan fingerprint density at radius 1 is 0.800 bits per heavy atom. The van der Waals surface area contributed by atoms with Crippen LogP contribution >= 0.6 is 0 Å². The predicted molar refractivity (Wildman–Crippen MR) is 66.0 cm³/mol. The summed E-state index contributed by atoms with van der Waals surface area (Å²) >= 11 is 0.458. The van der Waals surface area contributed by atoms with Gasteiger partial charge in [-0.3, -0.25) is 0 Å². The van der Waals surface area contributed by atoms with Gasteiger partial charge in [0.1, 0.15) is 0 Å². The van der Waals surface area contributed by atoms with Gasteiger partial charge in [-0.15, -0.1) is 0 Å². The van der Waals surface area contributed by atoms with E-state index in [1.807, 2.05) is 0 Å². The molecule has 0 radical (unpaired) electrons. The van der Waals surface area contributed by atoms with Gasteiger partial charge in [0.2, 0.25) is 0 Å². The number of nitrogens with zero attached hydrogens (tertiary/aromatic N) is 1. The molecule has 15 heavy (non-hydrogen) atoms. The first-order valence-corrected chi connectivity index (χ1v) is 6.67. The molecule has 0 aliphatic carbocycles. The van der Waals surface area contributed by atoms with Crippen LogP contribution in [0, 0.1) is 0 Å². The van der Waals surface area contributed by atoms with Crippen LogP contribution in [0.4, 0.5) is 11.4 Å². The third-order valence-corrected chi connectivity index (χ3v) is 5.04. The molecule has 0 fully saturated rings. The van der Waals surface area contributed by atoms with Crippen molar-refractivity contribution < 1.29 is 0 Å². The van der Waals surface area contributed by atoms with Crippen molar-refractivity contribution in [2.24, 2.45) is 0 Å². The minimum atomic E-state index is 0.458. The van der Waals surface area contributed by atoms with Crippen molar-refractivity contribution >= 4 is 35.3 Å². The number of para-hydroxylation sites is 2. The molecule has 1 nitrogen and oxygen atoms in total. The van der Waals surface area contributed by atoms with Gasteiger partial charge >= 0.3 is 95.7 Å². The fourth-order valence-corrected chi connectivity index (χ4v) is 4.30. The molecule has 0 bridgehead atoms. The second-order valence-corrected chi connectivity index (χ2v) is 5.87. The predicted octanol–water partition coefficient (Wildman–Crippen LogP) is 1.42. The molecular weight excluding hydrogens is 249 g/mol. The summed E-state index contributed by atoms with van der Waals surface area (Å²) in [5, 5.41) is 0. The summed E-state index contributed by atoms with van der Waals surface area (Å²) in [5.74, 6) is 0. The molecule has 2 aromatic carbocycles. The van der Waals surface area contributed by atoms with Gasteiger partial charge in [0.25, 0.3) is 0 Å². The first-order valence-electron chi connectivity index (χ1n) is 4.96. The van der Waals surface area contributed by atoms with E-state index in [-0.39, 0.29) is 0 Å². The SMILES string of the molecule is CN1c2ccccc2[Se]c2ccccc21. The quantitative estimate of drug-likeness (QED) is 0.648. The molecule has 0 atom stereocenters. The molecule has 2 heteroatoms. The summed E-state index contributed by atoms with van der Waals surface area (Å²) in [6.45, 7) is 0. The summed E-state index contributed by atoms with van der Waals surface area (Å²) in [4.78, 5) is 2.29. The van der Waals surface area contributed by atoms with Crippen LogP contribution in [0.25, 0.3) is 0 Å². The van der Waals surface area contributed by atoms with E-state index in [0.717, 1.165) is 0 Å². The first-order chi connectivity index (χ1) is 7.36. The van der Waals surface area contributed by atoms with Crippen molar-refractivity contribution in [1.82, 2.24) is 0 Å². The Morgan fingerprint density at radius 2 is 1.27 bits per heavy atom. The first kappa shape index (κ1) is 9.02. The van der Waals surface area contributed by atoms with Gasteiger partial charge < -0.3 is 0 Å². The molecular formula is C13H11NSe. The van der Waals surface area contributed by atoms with Gasteiger partial charge in [0.05, 0.1) is 0 Å². The average molecular weight is 260 g/mol. The number of fused-ring (bicyclic) bond motifs is 2. The molecule has 74 valence electrons. The van der Waals surface area contributed by atoms with E-state index in [2.05, 4.69) is 60.5 Å². The van der Waals surface area contributed by atoms with Crippen LogP contribution in [-0.4, -0.2) is 22.0 Å². The van der Waals surface area contributed by atoms with E-state index < -0.39 is 0 Å². The average Bonchev–Trinajstić information content (AvgIpc) is 2.30. The van der Waals surface area contributed by atoms with Crippen LogP contribution in [0.1, 0.15) is 0 Å². The number of benzene rings is 2. The van der Waals surface area contributed by atoms with E-state index in [9.17, 15) is 0 Å². The van der Waals surface area contributed by atoms with E-state index >= 15 is 0 Å². The van der Waals surface area contributed by atoms with E-state index in [1.54, 1.807) is 0 Å². The van der Waals surface area contributed by atoms with Crippen LogP contribution in [0.2, 0.25) is 0 Å². The second-order valence-electron chi connectivity index (χ2n) is 3.60. The zero-order chi connectivity index (χ0) is 10.3. The van der Waals surface area contributed by atoms with Gasteiger partial charge in [0.15, 0.2) is 0 Å². The van der Waals surface area contributed by atoms with E-state index in [0.29, 0.717) is 15.0 Å². The van der Waals surface area contributed by atoms with Crippen molar-refractivity contribution in [2.45, 2.75) is 0 Å². The van der Waals surface area contributed by atoms with Crippen molar-refractivity contribution in [2.75, 3.05) is 11.9 Å². The Labute approximate surface area is 95.9 Å². The molecule has 0 saturated heterocycles. The summed E-state index contributed by atoms with van der Waals surface area (Å²) in [6, 6.07) is 17.4. The van der Waals surface area contributed by atoms with Crippen LogP contribution in [0.15, 0.2) is 48.5 Å². The standard InChI is InChI=1S/C13H11NSe/c1-14-10-6-2-4-8-12(10)15-13-9-5-3-7-11(13)14/h2-9H,1H3. The van der Waals surface area contributed by atoms with Gasteiger partial charge in [0, 0.05) is 0 Å². The molecule has 0 spiro atoms. The minimum absolute atomic E-state index is 0.458. The van der Waals surface area contributed by atoms with Crippen molar-refractivity contribution in [3.63, 3.8) is 0 Å².